The average molecular weight is 500 g/mol. The molecule has 0 bridgehead atoms. The predicted molar refractivity (Wildman–Crippen MR) is 133 cm³/mol. The third-order valence-corrected chi connectivity index (χ3v) is 4.68. The van der Waals surface area contributed by atoms with Gasteiger partial charge in [0.25, 0.3) is 0 Å². The number of nitrogens with one attached hydrogen (secondary N) is 2. The first-order valence-electron chi connectivity index (χ1n) is 11.3. The van der Waals surface area contributed by atoms with E-state index in [1.807, 2.05) is 30.3 Å². The number of benzene rings is 1. The van der Waals surface area contributed by atoms with E-state index in [1.54, 1.807) is 0 Å². The quantitative estimate of drug-likeness (QED) is 0.0925. The number of carbonyl (C=O) groups excluding carboxylic acids is 3. The van der Waals surface area contributed by atoms with Crippen molar-refractivity contribution in [3.8, 4) is 0 Å². The molecule has 1 aromatic rings. The van der Waals surface area contributed by atoms with Crippen LogP contribution in [0.4, 0.5) is 0 Å². The summed E-state index contributed by atoms with van der Waals surface area (Å²) < 4.78 is 5.17. The van der Waals surface area contributed by atoms with Crippen LogP contribution in [0.2, 0.25) is 0 Å². The van der Waals surface area contributed by atoms with Crippen LogP contribution in [-0.4, -0.2) is 54.6 Å². The monoisotopic (exact) mass is 499 g/mol. The molecule has 1 rings (SSSR count). The Balaban J connectivity index is 0.0000109. The molecule has 0 saturated carbocycles. The zero-order valence-electron chi connectivity index (χ0n) is 19.5. The van der Waals surface area contributed by atoms with E-state index in [-0.39, 0.29) is 62.1 Å². The third-order valence-electron chi connectivity index (χ3n) is 4.68. The van der Waals surface area contributed by atoms with E-state index in [2.05, 4.69) is 15.6 Å². The Bertz CT molecular complexity index is 745. The van der Waals surface area contributed by atoms with Gasteiger partial charge in [0.2, 0.25) is 11.8 Å². The number of esters is 1. The number of hydrogen-bond donors (Lipinski definition) is 5. The molecule has 1 atom stereocenters. The van der Waals surface area contributed by atoms with Crippen LogP contribution in [0.1, 0.15) is 56.9 Å². The molecule has 0 saturated heterocycles. The Labute approximate surface area is 207 Å². The molecule has 0 heterocycles. The molecule has 0 fully saturated rings. The minimum Gasteiger partial charge on any atom is -0.461 e. The fourth-order valence-corrected chi connectivity index (χ4v) is 2.91. The lowest BCUT2D eigenvalue weighted by atomic mass is 10.1. The number of carbonyl (C=O) groups is 3. The second-order valence-electron chi connectivity index (χ2n) is 7.73. The third kappa shape index (κ3) is 17.7. The molecular formula is C23H38ClN5O5. The van der Waals surface area contributed by atoms with Gasteiger partial charge in [-0.25, -0.2) is 0 Å². The highest BCUT2D eigenvalue weighted by Crippen LogP contribution is 2.04. The topological polar surface area (TPSA) is 169 Å². The zero-order valence-corrected chi connectivity index (χ0v) is 20.4. The minimum atomic E-state index is -0.968. The summed E-state index contributed by atoms with van der Waals surface area (Å²) in [5.74, 6) is -0.742. The number of rotatable bonds is 17. The maximum Gasteiger partial charge on any atom is 0.306 e. The van der Waals surface area contributed by atoms with Crippen molar-refractivity contribution in [3.05, 3.63) is 35.9 Å². The Morgan fingerprint density at radius 2 is 1.65 bits per heavy atom. The van der Waals surface area contributed by atoms with Gasteiger partial charge in [-0.2, -0.15) is 0 Å². The fourth-order valence-electron chi connectivity index (χ4n) is 2.91. The fraction of sp³-hybridized carbons (Fsp3) is 0.565. The van der Waals surface area contributed by atoms with Crippen LogP contribution in [0, 0.1) is 0 Å². The highest BCUT2D eigenvalue weighted by Gasteiger charge is 2.12. The van der Waals surface area contributed by atoms with Gasteiger partial charge >= 0.3 is 5.97 Å². The molecule has 0 radical (unpaired) electrons. The van der Waals surface area contributed by atoms with Crippen LogP contribution < -0.4 is 22.1 Å². The van der Waals surface area contributed by atoms with Crippen LogP contribution in [-0.2, 0) is 25.7 Å². The Morgan fingerprint density at radius 3 is 2.35 bits per heavy atom. The summed E-state index contributed by atoms with van der Waals surface area (Å²) in [6.45, 7) is 1.13. The van der Waals surface area contributed by atoms with Gasteiger partial charge in [0.15, 0.2) is 5.96 Å². The molecule has 10 nitrogen and oxygen atoms in total. The van der Waals surface area contributed by atoms with Crippen molar-refractivity contribution in [1.29, 1.82) is 0 Å². The normalized spacial score (nSPS) is 11.0. The number of aliphatic hydroxyl groups is 1. The first kappa shape index (κ1) is 31.1. The van der Waals surface area contributed by atoms with E-state index in [9.17, 15) is 19.5 Å². The SMILES string of the molecule is Cl.NC(N)=NCCCCCCC(=O)NC[C@@H](O)CC(=O)NCCCC(=O)OCc1ccccc1. The highest BCUT2D eigenvalue weighted by atomic mass is 35.5. The summed E-state index contributed by atoms with van der Waals surface area (Å²) >= 11 is 0. The lowest BCUT2D eigenvalue weighted by molar-refractivity contribution is -0.145. The summed E-state index contributed by atoms with van der Waals surface area (Å²) in [5.41, 5.74) is 11.4. The lowest BCUT2D eigenvalue weighted by Gasteiger charge is -2.12. The molecule has 0 unspecified atom stereocenters. The van der Waals surface area contributed by atoms with Crippen LogP contribution in [0.25, 0.3) is 0 Å². The average Bonchev–Trinajstić information content (AvgIpc) is 2.79. The number of halogens is 1. The smallest absolute Gasteiger partial charge is 0.306 e. The number of nitrogens with zero attached hydrogens (tertiary/aromatic N) is 1. The highest BCUT2D eigenvalue weighted by molar-refractivity contribution is 5.85. The standard InChI is InChI=1S/C23H37N5O5.ClH/c24-23(25)27-13-7-2-1-6-11-20(30)28-16-19(29)15-21(31)26-14-8-12-22(32)33-17-18-9-4-3-5-10-18;/h3-5,9-10,19,29H,1-2,6-8,11-17H2,(H,26,31)(H,28,30)(H4,24,25,27);1H/t19-;/m0./s1. The van der Waals surface area contributed by atoms with Gasteiger partial charge in [-0.1, -0.05) is 43.2 Å². The number of hydrogen-bond acceptors (Lipinski definition) is 6. The first-order valence-corrected chi connectivity index (χ1v) is 11.3. The van der Waals surface area contributed by atoms with E-state index in [0.29, 0.717) is 25.9 Å². The molecule has 7 N–H and O–H groups in total. The molecule has 0 spiro atoms. The molecular weight excluding hydrogens is 462 g/mol. The van der Waals surface area contributed by atoms with Crippen molar-refractivity contribution in [3.63, 3.8) is 0 Å². The van der Waals surface area contributed by atoms with Crippen LogP contribution >= 0.6 is 12.4 Å². The summed E-state index contributed by atoms with van der Waals surface area (Å²) in [7, 11) is 0. The van der Waals surface area contributed by atoms with Crippen molar-refractivity contribution in [2.75, 3.05) is 19.6 Å². The van der Waals surface area contributed by atoms with E-state index in [0.717, 1.165) is 31.2 Å². The van der Waals surface area contributed by atoms with Crippen LogP contribution in [0.15, 0.2) is 35.3 Å². The van der Waals surface area contributed by atoms with Gasteiger partial charge in [-0.3, -0.25) is 19.4 Å². The van der Waals surface area contributed by atoms with Crippen LogP contribution in [0.3, 0.4) is 0 Å². The Kier molecular flexibility index (Phi) is 18.0. The second-order valence-corrected chi connectivity index (χ2v) is 7.73. The van der Waals surface area contributed by atoms with Crippen molar-refractivity contribution in [2.45, 2.75) is 64.1 Å². The van der Waals surface area contributed by atoms with E-state index in [4.69, 9.17) is 16.2 Å². The van der Waals surface area contributed by atoms with Gasteiger partial charge in [-0.15, -0.1) is 12.4 Å². The van der Waals surface area contributed by atoms with Crippen molar-refractivity contribution >= 4 is 36.2 Å². The van der Waals surface area contributed by atoms with Gasteiger partial charge in [0.1, 0.15) is 6.61 Å². The predicted octanol–water partition coefficient (Wildman–Crippen LogP) is 1.14. The Morgan fingerprint density at radius 1 is 0.941 bits per heavy atom. The zero-order chi connectivity index (χ0) is 24.3. The number of guanidine groups is 1. The van der Waals surface area contributed by atoms with Gasteiger partial charge < -0.3 is 31.9 Å². The first-order chi connectivity index (χ1) is 15.9. The number of aliphatic imine (C=N–C) groups is 1. The number of unbranched alkanes of at least 4 members (excludes halogenated alkanes) is 3. The van der Waals surface area contributed by atoms with E-state index >= 15 is 0 Å². The molecule has 0 aromatic heterocycles. The number of ether oxygens (including phenoxy) is 1. The van der Waals surface area contributed by atoms with Crippen LogP contribution in [0.5, 0.6) is 0 Å². The van der Waals surface area contributed by atoms with Crippen molar-refractivity contribution in [1.82, 2.24) is 10.6 Å². The molecule has 0 aliphatic carbocycles. The van der Waals surface area contributed by atoms with Gasteiger partial charge in [0, 0.05) is 32.5 Å². The largest absolute Gasteiger partial charge is 0.461 e. The summed E-state index contributed by atoms with van der Waals surface area (Å²) in [4.78, 5) is 39.3. The number of amides is 2. The summed E-state index contributed by atoms with van der Waals surface area (Å²) in [6.07, 6.45) is 3.32. The summed E-state index contributed by atoms with van der Waals surface area (Å²) in [6, 6.07) is 9.39. The molecule has 1 aromatic carbocycles. The maximum absolute atomic E-state index is 11.9. The van der Waals surface area contributed by atoms with E-state index < -0.39 is 6.10 Å². The number of nitrogens with two attached hydrogens (primary N) is 2. The Hall–Kier alpha value is -2.85. The van der Waals surface area contributed by atoms with Gasteiger partial charge in [0.05, 0.1) is 12.5 Å². The molecule has 34 heavy (non-hydrogen) atoms. The van der Waals surface area contributed by atoms with Gasteiger partial charge in [-0.05, 0) is 24.8 Å². The molecule has 11 heteroatoms. The van der Waals surface area contributed by atoms with Crippen molar-refractivity contribution < 1.29 is 24.2 Å². The number of aliphatic hydroxyl groups excluding tert-OH is 1. The van der Waals surface area contributed by atoms with Crippen molar-refractivity contribution in [2.24, 2.45) is 16.5 Å². The second kappa shape index (κ2) is 19.6. The molecule has 2 amide bonds. The summed E-state index contributed by atoms with van der Waals surface area (Å²) in [5, 5.41) is 15.2. The molecule has 0 aliphatic rings. The minimum absolute atomic E-state index is 0. The molecule has 0 aliphatic heterocycles. The van der Waals surface area contributed by atoms with E-state index in [1.165, 1.54) is 0 Å². The maximum atomic E-state index is 11.9. The molecule has 192 valence electrons. The lowest BCUT2D eigenvalue weighted by Crippen LogP contribution is -2.36.